The molecular formula is C8H13ClN2O3S. The topological polar surface area (TPSA) is 72.2 Å². The Kier molecular flexibility index (Phi) is 3.98. The highest BCUT2D eigenvalue weighted by Crippen LogP contribution is 2.18. The molecule has 5 nitrogen and oxygen atoms in total. The van der Waals surface area contributed by atoms with Crippen LogP contribution in [0.1, 0.15) is 17.7 Å². The second-order valence-electron chi connectivity index (χ2n) is 3.19. The van der Waals surface area contributed by atoms with Crippen molar-refractivity contribution in [1.29, 1.82) is 0 Å². The van der Waals surface area contributed by atoms with E-state index in [1.165, 1.54) is 0 Å². The molecule has 7 heteroatoms. The largest absolute Gasteiger partial charge is 0.337 e. The number of hydrogen-bond acceptors (Lipinski definition) is 4. The number of sulfonamides is 1. The van der Waals surface area contributed by atoms with Crippen LogP contribution in [-0.2, 0) is 10.0 Å². The van der Waals surface area contributed by atoms with Crippen molar-refractivity contribution in [3.8, 4) is 0 Å². The molecule has 0 aromatic carbocycles. The van der Waals surface area contributed by atoms with Gasteiger partial charge in [-0.15, -0.1) is 11.6 Å². The van der Waals surface area contributed by atoms with E-state index in [1.54, 1.807) is 13.8 Å². The van der Waals surface area contributed by atoms with Crippen molar-refractivity contribution in [1.82, 2.24) is 5.16 Å². The molecular weight excluding hydrogens is 240 g/mol. The molecule has 1 aromatic heterocycles. The van der Waals surface area contributed by atoms with Gasteiger partial charge >= 0.3 is 0 Å². The third-order valence-electron chi connectivity index (χ3n) is 1.95. The summed E-state index contributed by atoms with van der Waals surface area (Å²) in [6.45, 7) is 3.49. The lowest BCUT2D eigenvalue weighted by molar-refractivity contribution is 0.430. The van der Waals surface area contributed by atoms with Crippen molar-refractivity contribution < 1.29 is 12.9 Å². The summed E-state index contributed by atoms with van der Waals surface area (Å²) in [5, 5.41) is 3.65. The maximum absolute atomic E-state index is 11.5. The van der Waals surface area contributed by atoms with E-state index in [9.17, 15) is 8.42 Å². The average molecular weight is 253 g/mol. The lowest BCUT2D eigenvalue weighted by Gasteiger charge is -2.03. The summed E-state index contributed by atoms with van der Waals surface area (Å²) < 4.78 is 30.1. The Bertz CT molecular complexity index is 427. The number of alkyl halides is 1. The van der Waals surface area contributed by atoms with Gasteiger partial charge in [0.1, 0.15) is 0 Å². The van der Waals surface area contributed by atoms with E-state index < -0.39 is 10.0 Å². The second kappa shape index (κ2) is 4.85. The summed E-state index contributed by atoms with van der Waals surface area (Å²) in [7, 11) is -3.37. The van der Waals surface area contributed by atoms with Crippen molar-refractivity contribution in [2.75, 3.05) is 16.4 Å². The van der Waals surface area contributed by atoms with E-state index >= 15 is 0 Å². The van der Waals surface area contributed by atoms with Crippen molar-refractivity contribution in [3.63, 3.8) is 0 Å². The van der Waals surface area contributed by atoms with Crippen LogP contribution in [0.3, 0.4) is 0 Å². The first kappa shape index (κ1) is 12.3. The molecule has 1 heterocycles. The van der Waals surface area contributed by atoms with Crippen molar-refractivity contribution >= 4 is 27.5 Å². The number of anilines is 1. The number of rotatable bonds is 5. The minimum atomic E-state index is -3.37. The predicted octanol–water partition coefficient (Wildman–Crippen LogP) is 1.66. The van der Waals surface area contributed by atoms with Crippen LogP contribution in [0, 0.1) is 13.8 Å². The van der Waals surface area contributed by atoms with Crippen molar-refractivity contribution in [3.05, 3.63) is 11.3 Å². The fourth-order valence-corrected chi connectivity index (χ4v) is 2.34. The van der Waals surface area contributed by atoms with Crippen LogP contribution in [0.5, 0.6) is 0 Å². The molecule has 0 saturated heterocycles. The third-order valence-corrected chi connectivity index (χ3v) is 3.54. The van der Waals surface area contributed by atoms with Crippen LogP contribution < -0.4 is 4.72 Å². The lowest BCUT2D eigenvalue weighted by Crippen LogP contribution is -2.17. The molecule has 0 aliphatic carbocycles. The number of aromatic nitrogens is 1. The van der Waals surface area contributed by atoms with E-state index in [4.69, 9.17) is 16.1 Å². The summed E-state index contributed by atoms with van der Waals surface area (Å²) in [5.74, 6) is 0.479. The first-order valence-electron chi connectivity index (χ1n) is 4.45. The molecule has 1 N–H and O–H groups in total. The van der Waals surface area contributed by atoms with Crippen LogP contribution >= 0.6 is 11.6 Å². The van der Waals surface area contributed by atoms with Gasteiger partial charge in [-0.25, -0.2) is 8.42 Å². The van der Waals surface area contributed by atoms with E-state index in [0.717, 1.165) is 0 Å². The molecule has 0 aliphatic rings. The number of aryl methyl sites for hydroxylation is 1. The van der Waals surface area contributed by atoms with Crippen molar-refractivity contribution in [2.24, 2.45) is 0 Å². The summed E-state index contributed by atoms with van der Waals surface area (Å²) in [6.07, 6.45) is 0.406. The van der Waals surface area contributed by atoms with E-state index in [1.807, 2.05) is 0 Å². The molecule has 0 unspecified atom stereocenters. The normalized spacial score (nSPS) is 11.7. The highest BCUT2D eigenvalue weighted by Gasteiger charge is 2.15. The lowest BCUT2D eigenvalue weighted by atomic mass is 10.3. The smallest absolute Gasteiger partial charge is 0.241 e. The van der Waals surface area contributed by atoms with Gasteiger partial charge in [0.25, 0.3) is 0 Å². The molecule has 0 bridgehead atoms. The maximum atomic E-state index is 11.5. The highest BCUT2D eigenvalue weighted by molar-refractivity contribution is 7.92. The minimum absolute atomic E-state index is 0.0182. The molecule has 0 aliphatic heterocycles. The third kappa shape index (κ3) is 3.39. The summed E-state index contributed by atoms with van der Waals surface area (Å²) in [5.41, 5.74) is 1.37. The molecule has 0 fully saturated rings. The standard InChI is InChI=1S/C8H13ClN2O3S/c1-6-7(2)10-14-8(6)11-15(12,13)5-3-4-9/h11H,3-5H2,1-2H3. The zero-order valence-electron chi connectivity index (χ0n) is 8.58. The Hall–Kier alpha value is -0.750. The van der Waals surface area contributed by atoms with Gasteiger partial charge in [-0.05, 0) is 20.3 Å². The molecule has 0 saturated carbocycles. The quantitative estimate of drug-likeness (QED) is 0.809. The average Bonchev–Trinajstić information content (AvgIpc) is 2.46. The summed E-state index contributed by atoms with van der Waals surface area (Å²) in [6, 6.07) is 0. The van der Waals surface area contributed by atoms with Gasteiger partial charge < -0.3 is 4.52 Å². The van der Waals surface area contributed by atoms with Crippen LogP contribution in [0.15, 0.2) is 4.52 Å². The monoisotopic (exact) mass is 252 g/mol. The Morgan fingerprint density at radius 2 is 2.13 bits per heavy atom. The zero-order valence-corrected chi connectivity index (χ0v) is 10.2. The molecule has 0 radical (unpaired) electrons. The maximum Gasteiger partial charge on any atom is 0.241 e. The SMILES string of the molecule is Cc1noc(NS(=O)(=O)CCCCl)c1C. The first-order chi connectivity index (χ1) is 6.96. The number of hydrogen-bond donors (Lipinski definition) is 1. The summed E-state index contributed by atoms with van der Waals surface area (Å²) >= 11 is 5.42. The van der Waals surface area contributed by atoms with Gasteiger partial charge in [0.15, 0.2) is 0 Å². The molecule has 1 aromatic rings. The number of nitrogens with zero attached hydrogens (tertiary/aromatic N) is 1. The molecule has 1 rings (SSSR count). The molecule has 15 heavy (non-hydrogen) atoms. The number of nitrogens with one attached hydrogen (secondary N) is 1. The first-order valence-corrected chi connectivity index (χ1v) is 6.64. The van der Waals surface area contributed by atoms with Gasteiger partial charge in [-0.1, -0.05) is 5.16 Å². The van der Waals surface area contributed by atoms with Crippen LogP contribution in [0.4, 0.5) is 5.88 Å². The van der Waals surface area contributed by atoms with Gasteiger partial charge in [-0.2, -0.15) is 0 Å². The molecule has 86 valence electrons. The molecule has 0 spiro atoms. The number of halogens is 1. The Labute approximate surface area is 93.8 Å². The van der Waals surface area contributed by atoms with E-state index in [2.05, 4.69) is 9.88 Å². The zero-order chi connectivity index (χ0) is 11.5. The van der Waals surface area contributed by atoms with Crippen LogP contribution in [0.25, 0.3) is 0 Å². The highest BCUT2D eigenvalue weighted by atomic mass is 35.5. The Balaban J connectivity index is 2.73. The van der Waals surface area contributed by atoms with Gasteiger partial charge in [0.05, 0.1) is 11.4 Å². The minimum Gasteiger partial charge on any atom is -0.337 e. The second-order valence-corrected chi connectivity index (χ2v) is 5.41. The fourth-order valence-electron chi connectivity index (χ4n) is 0.947. The van der Waals surface area contributed by atoms with Gasteiger partial charge in [0.2, 0.25) is 15.9 Å². The van der Waals surface area contributed by atoms with E-state index in [0.29, 0.717) is 23.6 Å². The fraction of sp³-hybridized carbons (Fsp3) is 0.625. The Morgan fingerprint density at radius 3 is 2.60 bits per heavy atom. The Morgan fingerprint density at radius 1 is 1.47 bits per heavy atom. The predicted molar refractivity (Wildman–Crippen MR) is 58.7 cm³/mol. The van der Waals surface area contributed by atoms with Crippen LogP contribution in [0.2, 0.25) is 0 Å². The van der Waals surface area contributed by atoms with Crippen molar-refractivity contribution in [2.45, 2.75) is 20.3 Å². The van der Waals surface area contributed by atoms with Gasteiger partial charge in [0, 0.05) is 11.4 Å². The van der Waals surface area contributed by atoms with Crippen LogP contribution in [-0.4, -0.2) is 25.2 Å². The molecule has 0 atom stereocenters. The van der Waals surface area contributed by atoms with Gasteiger partial charge in [-0.3, -0.25) is 4.72 Å². The van der Waals surface area contributed by atoms with E-state index in [-0.39, 0.29) is 11.6 Å². The molecule has 0 amide bonds. The summed E-state index contributed by atoms with van der Waals surface area (Å²) in [4.78, 5) is 0.